The summed E-state index contributed by atoms with van der Waals surface area (Å²) in [4.78, 5) is 22.9. The predicted octanol–water partition coefficient (Wildman–Crippen LogP) is 0.193. The maximum absolute atomic E-state index is 11.9. The molecule has 1 heterocycles. The van der Waals surface area contributed by atoms with Crippen molar-refractivity contribution in [1.82, 2.24) is 16.0 Å². The van der Waals surface area contributed by atoms with Crippen LogP contribution in [0, 0.1) is 0 Å². The molecular formula is C11H22ClN3O2. The van der Waals surface area contributed by atoms with Crippen molar-refractivity contribution >= 4 is 24.2 Å². The van der Waals surface area contributed by atoms with E-state index in [-0.39, 0.29) is 24.2 Å². The smallest absolute Gasteiger partial charge is 0.240 e. The maximum atomic E-state index is 11.9. The summed E-state index contributed by atoms with van der Waals surface area (Å²) < 4.78 is 0. The molecule has 5 nitrogen and oxygen atoms in total. The Labute approximate surface area is 109 Å². The van der Waals surface area contributed by atoms with Crippen LogP contribution in [0.5, 0.6) is 0 Å². The molecule has 3 N–H and O–H groups in total. The van der Waals surface area contributed by atoms with Crippen molar-refractivity contribution in [2.75, 3.05) is 20.1 Å². The Morgan fingerprint density at radius 3 is 2.59 bits per heavy atom. The number of carbonyl (C=O) groups excluding carboxylic acids is 2. The molecule has 0 radical (unpaired) electrons. The highest BCUT2D eigenvalue weighted by Gasteiger charge is 2.33. The number of halogens is 1. The lowest BCUT2D eigenvalue weighted by atomic mass is 9.90. The third-order valence-corrected chi connectivity index (χ3v) is 3.04. The van der Waals surface area contributed by atoms with Gasteiger partial charge < -0.3 is 16.0 Å². The third-order valence-electron chi connectivity index (χ3n) is 3.04. The Kier molecular flexibility index (Phi) is 7.15. The zero-order chi connectivity index (χ0) is 12.0. The van der Waals surface area contributed by atoms with Crippen molar-refractivity contribution in [2.24, 2.45) is 0 Å². The summed E-state index contributed by atoms with van der Waals surface area (Å²) >= 11 is 0. The summed E-state index contributed by atoms with van der Waals surface area (Å²) in [7, 11) is 1.59. The first-order chi connectivity index (χ1) is 7.58. The monoisotopic (exact) mass is 263 g/mol. The highest BCUT2D eigenvalue weighted by molar-refractivity contribution is 5.86. The molecule has 1 atom stereocenters. The molecule has 1 saturated heterocycles. The van der Waals surface area contributed by atoms with Gasteiger partial charge in [-0.15, -0.1) is 12.4 Å². The van der Waals surface area contributed by atoms with Gasteiger partial charge in [0, 0.05) is 20.0 Å². The van der Waals surface area contributed by atoms with E-state index in [1.165, 1.54) is 0 Å². The zero-order valence-electron chi connectivity index (χ0n) is 10.5. The third kappa shape index (κ3) is 4.91. The molecule has 1 fully saturated rings. The lowest BCUT2D eigenvalue weighted by Crippen LogP contribution is -2.57. The van der Waals surface area contributed by atoms with E-state index in [0.29, 0.717) is 13.0 Å². The van der Waals surface area contributed by atoms with E-state index in [4.69, 9.17) is 0 Å². The number of amides is 2. The van der Waals surface area contributed by atoms with Gasteiger partial charge in [0.05, 0.1) is 5.54 Å². The van der Waals surface area contributed by atoms with Gasteiger partial charge in [-0.2, -0.15) is 0 Å². The first kappa shape index (κ1) is 16.2. The summed E-state index contributed by atoms with van der Waals surface area (Å²) in [5.41, 5.74) is -0.457. The van der Waals surface area contributed by atoms with E-state index in [0.717, 1.165) is 25.8 Å². The van der Waals surface area contributed by atoms with Crippen molar-refractivity contribution in [3.63, 3.8) is 0 Å². The molecule has 100 valence electrons. The SMILES string of the molecule is CNC(=O)CCNC(=O)C1(C)CCCCN1.Cl. The van der Waals surface area contributed by atoms with Gasteiger partial charge in [-0.25, -0.2) is 0 Å². The molecule has 0 aromatic heterocycles. The quantitative estimate of drug-likeness (QED) is 0.678. The fraction of sp³-hybridized carbons (Fsp3) is 0.818. The Bertz CT molecular complexity index is 265. The average Bonchev–Trinajstić information content (AvgIpc) is 2.29. The molecule has 0 aromatic carbocycles. The van der Waals surface area contributed by atoms with Crippen LogP contribution in [0.1, 0.15) is 32.6 Å². The minimum atomic E-state index is -0.457. The Hall–Kier alpha value is -0.810. The molecule has 1 unspecified atom stereocenters. The minimum Gasteiger partial charge on any atom is -0.359 e. The second-order valence-electron chi connectivity index (χ2n) is 4.40. The molecule has 0 aliphatic carbocycles. The van der Waals surface area contributed by atoms with Gasteiger partial charge in [-0.05, 0) is 32.7 Å². The second kappa shape index (κ2) is 7.50. The van der Waals surface area contributed by atoms with Gasteiger partial charge in [0.2, 0.25) is 11.8 Å². The lowest BCUT2D eigenvalue weighted by Gasteiger charge is -2.33. The van der Waals surface area contributed by atoms with Crippen LogP contribution in [0.3, 0.4) is 0 Å². The predicted molar refractivity (Wildman–Crippen MR) is 69.2 cm³/mol. The molecule has 2 amide bonds. The fourth-order valence-corrected chi connectivity index (χ4v) is 1.86. The van der Waals surface area contributed by atoms with Crippen LogP contribution < -0.4 is 16.0 Å². The number of hydrogen-bond acceptors (Lipinski definition) is 3. The van der Waals surface area contributed by atoms with Crippen LogP contribution in [0.2, 0.25) is 0 Å². The average molecular weight is 264 g/mol. The Balaban J connectivity index is 0.00000256. The van der Waals surface area contributed by atoms with Gasteiger partial charge in [0.15, 0.2) is 0 Å². The molecule has 6 heteroatoms. The summed E-state index contributed by atoms with van der Waals surface area (Å²) in [5.74, 6) is -0.0573. The van der Waals surface area contributed by atoms with Crippen molar-refractivity contribution in [2.45, 2.75) is 38.1 Å². The first-order valence-corrected chi connectivity index (χ1v) is 5.82. The topological polar surface area (TPSA) is 70.2 Å². The van der Waals surface area contributed by atoms with Crippen LogP contribution in [0.15, 0.2) is 0 Å². The van der Waals surface area contributed by atoms with Gasteiger partial charge in [0.25, 0.3) is 0 Å². The van der Waals surface area contributed by atoms with Gasteiger partial charge in [-0.3, -0.25) is 9.59 Å². The van der Waals surface area contributed by atoms with Crippen molar-refractivity contribution in [1.29, 1.82) is 0 Å². The maximum Gasteiger partial charge on any atom is 0.240 e. The summed E-state index contributed by atoms with van der Waals surface area (Å²) in [6.45, 7) is 3.20. The van der Waals surface area contributed by atoms with Crippen molar-refractivity contribution in [3.05, 3.63) is 0 Å². The van der Waals surface area contributed by atoms with E-state index in [2.05, 4.69) is 16.0 Å². The van der Waals surface area contributed by atoms with Crippen LogP contribution in [0.25, 0.3) is 0 Å². The van der Waals surface area contributed by atoms with Gasteiger partial charge >= 0.3 is 0 Å². The second-order valence-corrected chi connectivity index (χ2v) is 4.40. The van der Waals surface area contributed by atoms with Crippen molar-refractivity contribution in [3.8, 4) is 0 Å². The fourth-order valence-electron chi connectivity index (χ4n) is 1.86. The molecule has 1 aliphatic heterocycles. The molecule has 0 aromatic rings. The van der Waals surface area contributed by atoms with Crippen LogP contribution in [0.4, 0.5) is 0 Å². The molecule has 0 spiro atoms. The van der Waals surface area contributed by atoms with Gasteiger partial charge in [0.1, 0.15) is 0 Å². The van der Waals surface area contributed by atoms with E-state index in [9.17, 15) is 9.59 Å². The molecule has 17 heavy (non-hydrogen) atoms. The van der Waals surface area contributed by atoms with E-state index in [1.54, 1.807) is 7.05 Å². The molecule has 0 saturated carbocycles. The number of rotatable bonds is 4. The normalized spacial score (nSPS) is 23.4. The summed E-state index contributed by atoms with van der Waals surface area (Å²) in [5, 5.41) is 8.55. The van der Waals surface area contributed by atoms with Crippen LogP contribution in [-0.2, 0) is 9.59 Å². The Morgan fingerprint density at radius 1 is 1.35 bits per heavy atom. The highest BCUT2D eigenvalue weighted by atomic mass is 35.5. The lowest BCUT2D eigenvalue weighted by molar-refractivity contribution is -0.128. The first-order valence-electron chi connectivity index (χ1n) is 5.82. The van der Waals surface area contributed by atoms with Crippen LogP contribution in [-0.4, -0.2) is 37.5 Å². The number of hydrogen-bond donors (Lipinski definition) is 3. The molecule has 0 bridgehead atoms. The molecule has 1 aliphatic rings. The van der Waals surface area contributed by atoms with E-state index < -0.39 is 5.54 Å². The van der Waals surface area contributed by atoms with E-state index >= 15 is 0 Å². The van der Waals surface area contributed by atoms with E-state index in [1.807, 2.05) is 6.92 Å². The standard InChI is InChI=1S/C11H21N3O2.ClH/c1-11(6-3-4-7-14-11)10(16)13-8-5-9(15)12-2;/h14H,3-8H2,1-2H3,(H,12,15)(H,13,16);1H. The molecular weight excluding hydrogens is 242 g/mol. The number of piperidine rings is 1. The summed E-state index contributed by atoms with van der Waals surface area (Å²) in [6.07, 6.45) is 3.39. The number of carbonyl (C=O) groups is 2. The summed E-state index contributed by atoms with van der Waals surface area (Å²) in [6, 6.07) is 0. The highest BCUT2D eigenvalue weighted by Crippen LogP contribution is 2.18. The zero-order valence-corrected chi connectivity index (χ0v) is 11.3. The number of nitrogens with one attached hydrogen (secondary N) is 3. The van der Waals surface area contributed by atoms with Gasteiger partial charge in [-0.1, -0.05) is 0 Å². The molecule has 1 rings (SSSR count). The minimum absolute atomic E-state index is 0. The van der Waals surface area contributed by atoms with Crippen molar-refractivity contribution < 1.29 is 9.59 Å². The Morgan fingerprint density at radius 2 is 2.06 bits per heavy atom. The largest absolute Gasteiger partial charge is 0.359 e. The van der Waals surface area contributed by atoms with Crippen LogP contribution >= 0.6 is 12.4 Å².